The van der Waals surface area contributed by atoms with E-state index in [-0.39, 0.29) is 18.6 Å². The van der Waals surface area contributed by atoms with Crippen molar-refractivity contribution in [2.75, 3.05) is 0 Å². The van der Waals surface area contributed by atoms with E-state index in [0.29, 0.717) is 12.8 Å². The van der Waals surface area contributed by atoms with Crippen LogP contribution in [0.1, 0.15) is 71.1 Å². The lowest BCUT2D eigenvalue weighted by atomic mass is 10.1. The predicted molar refractivity (Wildman–Crippen MR) is 92.8 cm³/mol. The van der Waals surface area contributed by atoms with E-state index in [1.807, 2.05) is 0 Å². The Morgan fingerprint density at radius 2 is 1.38 bits per heavy atom. The lowest BCUT2D eigenvalue weighted by Gasteiger charge is -2.08. The van der Waals surface area contributed by atoms with Crippen molar-refractivity contribution in [3.63, 3.8) is 0 Å². The van der Waals surface area contributed by atoms with Gasteiger partial charge in [-0.2, -0.15) is 0 Å². The van der Waals surface area contributed by atoms with Crippen LogP contribution in [-0.2, 0) is 14.6 Å². The van der Waals surface area contributed by atoms with Gasteiger partial charge in [0.2, 0.25) is 0 Å². The standard InChI is InChI=1S/C18H32O6/c1-2-3-6-11-16(23-21)13-9-10-14-17(24-22)12-7-4-5-8-15-18(19)20/h9-10,13-14,16-17,21-22H,2-8,11-12,15H2,1H3,(H,19,20). The first-order chi connectivity index (χ1) is 11.6. The number of unbranched alkanes of at least 4 members (excludes halogenated alkanes) is 5. The van der Waals surface area contributed by atoms with Crippen molar-refractivity contribution in [1.29, 1.82) is 0 Å². The van der Waals surface area contributed by atoms with Crippen molar-refractivity contribution in [3.05, 3.63) is 24.3 Å². The Hall–Kier alpha value is -1.21. The summed E-state index contributed by atoms with van der Waals surface area (Å²) in [7, 11) is 0. The van der Waals surface area contributed by atoms with Crippen LogP contribution in [0.4, 0.5) is 0 Å². The minimum Gasteiger partial charge on any atom is -0.481 e. The molecule has 0 amide bonds. The number of hydrogen-bond donors (Lipinski definition) is 3. The van der Waals surface area contributed by atoms with Crippen molar-refractivity contribution in [2.24, 2.45) is 0 Å². The summed E-state index contributed by atoms with van der Waals surface area (Å²) in [4.78, 5) is 19.2. The van der Waals surface area contributed by atoms with Gasteiger partial charge in [-0.1, -0.05) is 69.8 Å². The maximum absolute atomic E-state index is 10.4. The third kappa shape index (κ3) is 14.4. The maximum Gasteiger partial charge on any atom is 0.303 e. The number of hydrogen-bond acceptors (Lipinski definition) is 5. The third-order valence-corrected chi connectivity index (χ3v) is 3.75. The Morgan fingerprint density at radius 3 is 1.83 bits per heavy atom. The first-order valence-corrected chi connectivity index (χ1v) is 8.81. The molecular weight excluding hydrogens is 312 g/mol. The smallest absolute Gasteiger partial charge is 0.303 e. The van der Waals surface area contributed by atoms with Gasteiger partial charge < -0.3 is 5.11 Å². The molecule has 0 aromatic carbocycles. The van der Waals surface area contributed by atoms with Crippen molar-refractivity contribution in [3.8, 4) is 0 Å². The van der Waals surface area contributed by atoms with Crippen molar-refractivity contribution in [2.45, 2.75) is 83.3 Å². The molecule has 0 aromatic heterocycles. The molecule has 0 spiro atoms. The van der Waals surface area contributed by atoms with Crippen LogP contribution >= 0.6 is 0 Å². The predicted octanol–water partition coefficient (Wildman–Crippen LogP) is 4.82. The van der Waals surface area contributed by atoms with E-state index < -0.39 is 5.97 Å². The van der Waals surface area contributed by atoms with Crippen LogP contribution in [0.3, 0.4) is 0 Å². The van der Waals surface area contributed by atoms with E-state index in [4.69, 9.17) is 15.6 Å². The van der Waals surface area contributed by atoms with Gasteiger partial charge in [0, 0.05) is 6.42 Å². The molecule has 2 atom stereocenters. The Bertz CT molecular complexity index is 353. The molecule has 6 heteroatoms. The summed E-state index contributed by atoms with van der Waals surface area (Å²) < 4.78 is 0. The summed E-state index contributed by atoms with van der Waals surface area (Å²) in [5.74, 6) is -0.763. The van der Waals surface area contributed by atoms with Gasteiger partial charge >= 0.3 is 5.97 Å². The third-order valence-electron chi connectivity index (χ3n) is 3.75. The summed E-state index contributed by atoms with van der Waals surface area (Å²) >= 11 is 0. The monoisotopic (exact) mass is 344 g/mol. The molecule has 0 heterocycles. The molecule has 0 aliphatic carbocycles. The van der Waals surface area contributed by atoms with Gasteiger partial charge in [0.05, 0.1) is 0 Å². The van der Waals surface area contributed by atoms with Crippen LogP contribution in [0.5, 0.6) is 0 Å². The number of carboxylic acid groups (broad SMARTS) is 1. The fraction of sp³-hybridized carbons (Fsp3) is 0.722. The van der Waals surface area contributed by atoms with Crippen LogP contribution in [0.15, 0.2) is 24.3 Å². The van der Waals surface area contributed by atoms with E-state index in [1.165, 1.54) is 0 Å². The number of rotatable bonds is 16. The fourth-order valence-corrected chi connectivity index (χ4v) is 2.32. The van der Waals surface area contributed by atoms with Crippen LogP contribution < -0.4 is 0 Å². The van der Waals surface area contributed by atoms with Crippen LogP contribution in [-0.4, -0.2) is 33.8 Å². The second-order valence-corrected chi connectivity index (χ2v) is 5.90. The molecule has 0 aliphatic rings. The highest BCUT2D eigenvalue weighted by molar-refractivity contribution is 5.66. The minimum atomic E-state index is -0.763. The van der Waals surface area contributed by atoms with Crippen molar-refractivity contribution in [1.82, 2.24) is 0 Å². The first-order valence-electron chi connectivity index (χ1n) is 8.81. The Kier molecular flexibility index (Phi) is 15.8. The van der Waals surface area contributed by atoms with Gasteiger partial charge in [-0.05, 0) is 19.3 Å². The van der Waals surface area contributed by atoms with Crippen LogP contribution in [0, 0.1) is 0 Å². The normalized spacial score (nSPS) is 14.5. The minimum absolute atomic E-state index is 0.205. The molecular formula is C18H32O6. The molecule has 0 fully saturated rings. The van der Waals surface area contributed by atoms with Gasteiger partial charge in [0.1, 0.15) is 12.2 Å². The second-order valence-electron chi connectivity index (χ2n) is 5.90. The zero-order valence-corrected chi connectivity index (χ0v) is 14.6. The molecule has 0 radical (unpaired) electrons. The highest BCUT2D eigenvalue weighted by Crippen LogP contribution is 2.11. The highest BCUT2D eigenvalue weighted by atomic mass is 17.1. The fourth-order valence-electron chi connectivity index (χ4n) is 2.32. The summed E-state index contributed by atoms with van der Waals surface area (Å²) in [6.45, 7) is 2.12. The number of carbonyl (C=O) groups is 1. The van der Waals surface area contributed by atoms with Crippen LogP contribution in [0.2, 0.25) is 0 Å². The highest BCUT2D eigenvalue weighted by Gasteiger charge is 2.05. The Labute approximate surface area is 144 Å². The Morgan fingerprint density at radius 1 is 0.875 bits per heavy atom. The molecule has 140 valence electrons. The molecule has 2 unspecified atom stereocenters. The Balaban J connectivity index is 3.92. The number of aliphatic carboxylic acids is 1. The van der Waals surface area contributed by atoms with Crippen molar-refractivity contribution >= 4 is 5.97 Å². The number of carboxylic acids is 1. The average Bonchev–Trinajstić information content (AvgIpc) is 2.57. The first kappa shape index (κ1) is 22.8. The van der Waals surface area contributed by atoms with E-state index in [2.05, 4.69) is 16.7 Å². The molecule has 0 saturated heterocycles. The molecule has 3 N–H and O–H groups in total. The largest absolute Gasteiger partial charge is 0.481 e. The molecule has 0 saturated carbocycles. The van der Waals surface area contributed by atoms with E-state index in [0.717, 1.165) is 44.9 Å². The van der Waals surface area contributed by atoms with Gasteiger partial charge in [-0.15, -0.1) is 0 Å². The summed E-state index contributed by atoms with van der Waals surface area (Å²) in [5, 5.41) is 26.2. The topological polar surface area (TPSA) is 96.2 Å². The van der Waals surface area contributed by atoms with Crippen LogP contribution in [0.25, 0.3) is 0 Å². The molecule has 0 aliphatic heterocycles. The summed E-state index contributed by atoms with van der Waals surface area (Å²) in [6, 6.07) is 0. The lowest BCUT2D eigenvalue weighted by Crippen LogP contribution is -2.07. The van der Waals surface area contributed by atoms with E-state index in [1.54, 1.807) is 24.3 Å². The molecule has 0 bridgehead atoms. The lowest BCUT2D eigenvalue weighted by molar-refractivity contribution is -0.267. The molecule has 0 aromatic rings. The van der Waals surface area contributed by atoms with Gasteiger partial charge in [0.25, 0.3) is 0 Å². The SMILES string of the molecule is CCCCCC(C=CC=CC(CCCCCCC(=O)O)OO)OO. The summed E-state index contributed by atoms with van der Waals surface area (Å²) in [6.07, 6.45) is 14.5. The van der Waals surface area contributed by atoms with E-state index >= 15 is 0 Å². The molecule has 24 heavy (non-hydrogen) atoms. The maximum atomic E-state index is 10.4. The number of allylic oxidation sites excluding steroid dienone is 2. The average molecular weight is 344 g/mol. The van der Waals surface area contributed by atoms with Gasteiger partial charge in [-0.3, -0.25) is 15.3 Å². The summed E-state index contributed by atoms with van der Waals surface area (Å²) in [5.41, 5.74) is 0. The zero-order chi connectivity index (χ0) is 18.0. The second kappa shape index (κ2) is 16.6. The quantitative estimate of drug-likeness (QED) is 0.161. The van der Waals surface area contributed by atoms with Gasteiger partial charge in [-0.25, -0.2) is 9.78 Å². The molecule has 6 nitrogen and oxygen atoms in total. The molecule has 0 rings (SSSR count). The zero-order valence-electron chi connectivity index (χ0n) is 14.6. The van der Waals surface area contributed by atoms with E-state index in [9.17, 15) is 4.79 Å². The van der Waals surface area contributed by atoms with Crippen molar-refractivity contribution < 1.29 is 30.2 Å². The van der Waals surface area contributed by atoms with Gasteiger partial charge in [0.15, 0.2) is 0 Å².